The molecule has 0 radical (unpaired) electrons. The quantitative estimate of drug-likeness (QED) is 0.718. The fourth-order valence-electron chi connectivity index (χ4n) is 2.09. The van der Waals surface area contributed by atoms with Crippen molar-refractivity contribution in [3.63, 3.8) is 0 Å². The van der Waals surface area contributed by atoms with Crippen molar-refractivity contribution in [2.45, 2.75) is 20.8 Å². The lowest BCUT2D eigenvalue weighted by Crippen LogP contribution is -2.21. The average molecular weight is 320 g/mol. The summed E-state index contributed by atoms with van der Waals surface area (Å²) < 4.78 is 0. The summed E-state index contributed by atoms with van der Waals surface area (Å²) in [6, 6.07) is 12.3. The van der Waals surface area contributed by atoms with Gasteiger partial charge in [0.2, 0.25) is 0 Å². The fraction of sp³-hybridized carbons (Fsp3) is 0.333. The molecule has 3 heteroatoms. The highest BCUT2D eigenvalue weighted by Gasteiger charge is 2.05. The Kier molecular flexibility index (Phi) is 6.04. The smallest absolute Gasteiger partial charge is 0.0492 e. The monoisotopic (exact) mass is 319 g/mol. The molecule has 21 heavy (non-hydrogen) atoms. The predicted molar refractivity (Wildman–Crippen MR) is 96.1 cm³/mol. The molecule has 112 valence electrons. The van der Waals surface area contributed by atoms with E-state index in [1.807, 2.05) is 18.2 Å². The number of hydrogen-bond acceptors (Lipinski definition) is 2. The van der Waals surface area contributed by atoms with Crippen LogP contribution in [0.3, 0.4) is 0 Å². The molecule has 0 aliphatic rings. The maximum absolute atomic E-state index is 6.25. The van der Waals surface area contributed by atoms with Gasteiger partial charge in [0.1, 0.15) is 0 Å². The van der Waals surface area contributed by atoms with Crippen molar-refractivity contribution in [3.8, 4) is 10.4 Å². The average Bonchev–Trinajstić information content (AvgIpc) is 2.87. The van der Waals surface area contributed by atoms with Gasteiger partial charge in [-0.3, -0.25) is 0 Å². The van der Waals surface area contributed by atoms with Crippen LogP contribution in [0.25, 0.3) is 16.5 Å². The summed E-state index contributed by atoms with van der Waals surface area (Å²) in [6.07, 6.45) is 2.25. The van der Waals surface area contributed by atoms with Gasteiger partial charge in [-0.05, 0) is 43.7 Å². The number of halogens is 1. The molecule has 1 heterocycles. The zero-order valence-electron chi connectivity index (χ0n) is 12.8. The lowest BCUT2D eigenvalue weighted by atomic mass is 10.2. The van der Waals surface area contributed by atoms with Gasteiger partial charge in [0, 0.05) is 26.9 Å². The molecule has 0 bridgehead atoms. The molecule has 0 aliphatic heterocycles. The van der Waals surface area contributed by atoms with Gasteiger partial charge in [-0.25, -0.2) is 0 Å². The summed E-state index contributed by atoms with van der Waals surface area (Å²) in [5, 5.41) is 4.28. The predicted octanol–water partition coefficient (Wildman–Crippen LogP) is 5.72. The summed E-state index contributed by atoms with van der Waals surface area (Å²) in [6.45, 7) is 8.61. The highest BCUT2D eigenvalue weighted by Crippen LogP contribution is 2.33. The highest BCUT2D eigenvalue weighted by atomic mass is 35.5. The van der Waals surface area contributed by atoms with E-state index in [-0.39, 0.29) is 0 Å². The van der Waals surface area contributed by atoms with Crippen LogP contribution in [-0.4, -0.2) is 13.1 Å². The summed E-state index contributed by atoms with van der Waals surface area (Å²) >= 11 is 8.03. The fourth-order valence-corrected chi connectivity index (χ4v) is 3.46. The van der Waals surface area contributed by atoms with Crippen molar-refractivity contribution in [2.75, 3.05) is 13.1 Å². The Balaban J connectivity index is 2.05. The largest absolute Gasteiger partial charge is 0.313 e. The Morgan fingerprint density at radius 2 is 2.00 bits per heavy atom. The molecule has 1 aromatic heterocycles. The van der Waals surface area contributed by atoms with Gasteiger partial charge >= 0.3 is 0 Å². The van der Waals surface area contributed by atoms with Crippen LogP contribution in [0.4, 0.5) is 0 Å². The van der Waals surface area contributed by atoms with Crippen molar-refractivity contribution in [2.24, 2.45) is 5.92 Å². The number of nitrogens with one attached hydrogen (secondary N) is 1. The maximum Gasteiger partial charge on any atom is 0.0492 e. The summed E-state index contributed by atoms with van der Waals surface area (Å²) in [4.78, 5) is 2.49. The number of hydrogen-bond donors (Lipinski definition) is 1. The van der Waals surface area contributed by atoms with Crippen LogP contribution in [0, 0.1) is 5.92 Å². The maximum atomic E-state index is 6.25. The van der Waals surface area contributed by atoms with Crippen LogP contribution in [0.2, 0.25) is 5.02 Å². The number of rotatable bonds is 6. The van der Waals surface area contributed by atoms with Gasteiger partial charge in [-0.15, -0.1) is 11.3 Å². The van der Waals surface area contributed by atoms with E-state index in [2.05, 4.69) is 50.4 Å². The van der Waals surface area contributed by atoms with Crippen LogP contribution in [0.5, 0.6) is 0 Å². The highest BCUT2D eigenvalue weighted by molar-refractivity contribution is 7.16. The van der Waals surface area contributed by atoms with Gasteiger partial charge in [0.15, 0.2) is 0 Å². The van der Waals surface area contributed by atoms with Crippen molar-refractivity contribution in [1.29, 1.82) is 0 Å². The molecule has 1 aromatic carbocycles. The molecule has 1 N–H and O–H groups in total. The normalized spacial score (nSPS) is 12.1. The first kappa shape index (κ1) is 16.3. The van der Waals surface area contributed by atoms with Gasteiger partial charge in [-0.2, -0.15) is 0 Å². The van der Waals surface area contributed by atoms with E-state index in [1.165, 1.54) is 15.3 Å². The molecule has 0 unspecified atom stereocenters. The molecule has 1 nitrogen and oxygen atoms in total. The van der Waals surface area contributed by atoms with Crippen LogP contribution < -0.4 is 5.32 Å². The molecule has 0 saturated carbocycles. The Labute approximate surface area is 136 Å². The molecule has 0 aliphatic carbocycles. The molecule has 0 amide bonds. The second-order valence-corrected chi connectivity index (χ2v) is 7.22. The van der Waals surface area contributed by atoms with Crippen LogP contribution in [-0.2, 0) is 0 Å². The molecular formula is C18H22ClNS. The van der Waals surface area contributed by atoms with Gasteiger partial charge in [-0.1, -0.05) is 49.2 Å². The van der Waals surface area contributed by atoms with E-state index in [4.69, 9.17) is 11.6 Å². The molecular weight excluding hydrogens is 298 g/mol. The number of benzene rings is 1. The van der Waals surface area contributed by atoms with Crippen LogP contribution in [0.1, 0.15) is 25.6 Å². The minimum atomic E-state index is 0.686. The molecule has 0 saturated heterocycles. The summed E-state index contributed by atoms with van der Waals surface area (Å²) in [5.41, 5.74) is 2.46. The first-order valence-corrected chi connectivity index (χ1v) is 8.48. The van der Waals surface area contributed by atoms with E-state index < -0.39 is 0 Å². The summed E-state index contributed by atoms with van der Waals surface area (Å²) in [7, 11) is 0. The minimum Gasteiger partial charge on any atom is -0.313 e. The van der Waals surface area contributed by atoms with E-state index in [1.54, 1.807) is 11.3 Å². The van der Waals surface area contributed by atoms with Crippen molar-refractivity contribution >= 4 is 29.0 Å². The van der Waals surface area contributed by atoms with Crippen LogP contribution in [0.15, 0.2) is 42.0 Å². The summed E-state index contributed by atoms with van der Waals surface area (Å²) in [5.74, 6) is 0.686. The Bertz CT molecular complexity index is 613. The van der Waals surface area contributed by atoms with Crippen LogP contribution >= 0.6 is 22.9 Å². The van der Waals surface area contributed by atoms with E-state index in [0.29, 0.717) is 5.92 Å². The zero-order valence-corrected chi connectivity index (χ0v) is 14.4. The topological polar surface area (TPSA) is 12.0 Å². The van der Waals surface area contributed by atoms with Crippen molar-refractivity contribution in [3.05, 3.63) is 51.9 Å². The van der Waals surface area contributed by atoms with Gasteiger partial charge < -0.3 is 5.32 Å². The zero-order chi connectivity index (χ0) is 15.2. The molecule has 0 fully saturated rings. The van der Waals surface area contributed by atoms with E-state index in [9.17, 15) is 0 Å². The standard InChI is InChI=1S/C18H22ClNS/c1-13(2)11-20-12-14(3)10-15-8-9-18(21-15)16-6-4-5-7-17(16)19/h4-10,13,20H,11-12H2,1-3H3. The first-order chi connectivity index (χ1) is 10.1. The Morgan fingerprint density at radius 1 is 1.24 bits per heavy atom. The van der Waals surface area contributed by atoms with Crippen molar-refractivity contribution < 1.29 is 0 Å². The molecule has 0 atom stereocenters. The number of thiophene rings is 1. The van der Waals surface area contributed by atoms with Gasteiger partial charge in [0.05, 0.1) is 0 Å². The van der Waals surface area contributed by atoms with Gasteiger partial charge in [0.25, 0.3) is 0 Å². The SMILES string of the molecule is CC(=Cc1ccc(-c2ccccc2Cl)s1)CNCC(C)C. The lowest BCUT2D eigenvalue weighted by molar-refractivity contribution is 0.572. The second kappa shape index (κ2) is 7.79. The first-order valence-electron chi connectivity index (χ1n) is 7.29. The third-order valence-corrected chi connectivity index (χ3v) is 4.51. The Morgan fingerprint density at radius 3 is 2.71 bits per heavy atom. The molecule has 0 spiro atoms. The third kappa shape index (κ3) is 4.99. The minimum absolute atomic E-state index is 0.686. The van der Waals surface area contributed by atoms with E-state index >= 15 is 0 Å². The second-order valence-electron chi connectivity index (χ2n) is 5.70. The molecule has 2 aromatic rings. The third-order valence-electron chi connectivity index (χ3n) is 3.11. The van der Waals surface area contributed by atoms with Crippen molar-refractivity contribution in [1.82, 2.24) is 5.32 Å². The van der Waals surface area contributed by atoms with E-state index in [0.717, 1.165) is 23.7 Å². The Hall–Kier alpha value is -1.09. The lowest BCUT2D eigenvalue weighted by Gasteiger charge is -2.07. The molecule has 2 rings (SSSR count).